The van der Waals surface area contributed by atoms with Gasteiger partial charge in [0.1, 0.15) is 0 Å². The van der Waals surface area contributed by atoms with Crippen molar-refractivity contribution in [2.45, 2.75) is 19.4 Å². The van der Waals surface area contributed by atoms with Gasteiger partial charge in [0.2, 0.25) is 0 Å². The first kappa shape index (κ1) is 14.4. The van der Waals surface area contributed by atoms with Crippen LogP contribution in [-0.2, 0) is 0 Å². The second-order valence-electron chi connectivity index (χ2n) is 5.45. The van der Waals surface area contributed by atoms with Gasteiger partial charge in [0.25, 0.3) is 0 Å². The molecule has 1 aromatic carbocycles. The van der Waals surface area contributed by atoms with Crippen molar-refractivity contribution in [1.29, 1.82) is 5.26 Å². The monoisotopic (exact) mass is 321 g/mol. The summed E-state index contributed by atoms with van der Waals surface area (Å²) in [6.07, 6.45) is 0.568. The Balaban J connectivity index is 2.32. The standard InChI is InChI=1S/C15H20BrN3/c1-12-9-18(2)11-13(7-8-17)19(10-12)15-6-4-3-5-14(15)16/h3-6,12-13H,7,9-11H2,1-2H3. The van der Waals surface area contributed by atoms with Gasteiger partial charge in [0.15, 0.2) is 0 Å². The molecule has 2 rings (SSSR count). The normalized spacial score (nSPS) is 24.8. The van der Waals surface area contributed by atoms with Crippen LogP contribution in [0.1, 0.15) is 13.3 Å². The van der Waals surface area contributed by atoms with Crippen molar-refractivity contribution >= 4 is 21.6 Å². The number of hydrogen-bond acceptors (Lipinski definition) is 3. The number of benzene rings is 1. The molecule has 3 nitrogen and oxygen atoms in total. The molecule has 1 fully saturated rings. The third kappa shape index (κ3) is 3.49. The Morgan fingerprint density at radius 3 is 2.74 bits per heavy atom. The molecular weight excluding hydrogens is 302 g/mol. The van der Waals surface area contributed by atoms with E-state index >= 15 is 0 Å². The molecular formula is C15H20BrN3. The summed E-state index contributed by atoms with van der Waals surface area (Å²) in [7, 11) is 2.14. The highest BCUT2D eigenvalue weighted by molar-refractivity contribution is 9.10. The zero-order chi connectivity index (χ0) is 13.8. The number of likely N-dealkylation sites (N-methyl/N-ethyl adjacent to an activating group) is 1. The van der Waals surface area contributed by atoms with Gasteiger partial charge in [-0.25, -0.2) is 0 Å². The number of hydrogen-bond donors (Lipinski definition) is 0. The summed E-state index contributed by atoms with van der Waals surface area (Å²) in [5.74, 6) is 0.598. The zero-order valence-corrected chi connectivity index (χ0v) is 13.1. The molecule has 0 amide bonds. The lowest BCUT2D eigenvalue weighted by Crippen LogP contribution is -2.40. The van der Waals surface area contributed by atoms with Crippen molar-refractivity contribution in [3.63, 3.8) is 0 Å². The minimum Gasteiger partial charge on any atom is -0.365 e. The van der Waals surface area contributed by atoms with Crippen molar-refractivity contribution in [3.05, 3.63) is 28.7 Å². The Morgan fingerprint density at radius 2 is 2.05 bits per heavy atom. The van der Waals surface area contributed by atoms with Crippen molar-refractivity contribution in [1.82, 2.24) is 4.90 Å². The molecule has 1 aliphatic rings. The van der Waals surface area contributed by atoms with Gasteiger partial charge < -0.3 is 9.80 Å². The Kier molecular flexibility index (Phi) is 4.84. The minimum absolute atomic E-state index is 0.263. The molecule has 102 valence electrons. The Bertz CT molecular complexity index is 469. The van der Waals surface area contributed by atoms with E-state index in [-0.39, 0.29) is 6.04 Å². The number of nitrogens with zero attached hydrogens (tertiary/aromatic N) is 3. The maximum absolute atomic E-state index is 9.09. The van der Waals surface area contributed by atoms with Crippen molar-refractivity contribution < 1.29 is 0 Å². The van der Waals surface area contributed by atoms with E-state index in [0.29, 0.717) is 12.3 Å². The average Bonchev–Trinajstić information content (AvgIpc) is 2.49. The first-order chi connectivity index (χ1) is 9.11. The quantitative estimate of drug-likeness (QED) is 0.838. The van der Waals surface area contributed by atoms with Crippen LogP contribution in [0.2, 0.25) is 0 Å². The van der Waals surface area contributed by atoms with E-state index in [1.54, 1.807) is 0 Å². The SMILES string of the molecule is CC1CN(C)CC(CC#N)N(c2ccccc2Br)C1. The highest BCUT2D eigenvalue weighted by Crippen LogP contribution is 2.30. The van der Waals surface area contributed by atoms with E-state index in [1.165, 1.54) is 5.69 Å². The highest BCUT2D eigenvalue weighted by Gasteiger charge is 2.27. The highest BCUT2D eigenvalue weighted by atomic mass is 79.9. The number of para-hydroxylation sites is 1. The van der Waals surface area contributed by atoms with Gasteiger partial charge in [0, 0.05) is 24.1 Å². The van der Waals surface area contributed by atoms with E-state index < -0.39 is 0 Å². The van der Waals surface area contributed by atoms with Gasteiger partial charge in [-0.2, -0.15) is 5.26 Å². The average molecular weight is 322 g/mol. The largest absolute Gasteiger partial charge is 0.365 e. The molecule has 0 bridgehead atoms. The molecule has 0 radical (unpaired) electrons. The predicted octanol–water partition coefficient (Wildman–Crippen LogP) is 3.12. The maximum Gasteiger partial charge on any atom is 0.0643 e. The van der Waals surface area contributed by atoms with E-state index in [2.05, 4.69) is 64.0 Å². The van der Waals surface area contributed by atoms with Crippen LogP contribution < -0.4 is 4.90 Å². The van der Waals surface area contributed by atoms with Crippen molar-refractivity contribution in [3.8, 4) is 6.07 Å². The van der Waals surface area contributed by atoms with Crippen LogP contribution in [0.25, 0.3) is 0 Å². The Labute approximate surface area is 123 Å². The van der Waals surface area contributed by atoms with Crippen LogP contribution in [0, 0.1) is 17.2 Å². The molecule has 2 atom stereocenters. The van der Waals surface area contributed by atoms with Crippen LogP contribution in [0.15, 0.2) is 28.7 Å². The summed E-state index contributed by atoms with van der Waals surface area (Å²) in [6, 6.07) is 10.9. The first-order valence-electron chi connectivity index (χ1n) is 6.68. The molecule has 0 aromatic heterocycles. The minimum atomic E-state index is 0.263. The van der Waals surface area contributed by atoms with Crippen LogP contribution in [0.5, 0.6) is 0 Å². The van der Waals surface area contributed by atoms with Crippen LogP contribution in [0.4, 0.5) is 5.69 Å². The summed E-state index contributed by atoms with van der Waals surface area (Å²) in [5, 5.41) is 9.09. The summed E-state index contributed by atoms with van der Waals surface area (Å²) in [5.41, 5.74) is 1.20. The molecule has 2 unspecified atom stereocenters. The summed E-state index contributed by atoms with van der Waals surface area (Å²) < 4.78 is 1.11. The smallest absolute Gasteiger partial charge is 0.0643 e. The predicted molar refractivity (Wildman–Crippen MR) is 82.2 cm³/mol. The second kappa shape index (κ2) is 6.40. The van der Waals surface area contributed by atoms with Gasteiger partial charge in [-0.15, -0.1) is 0 Å². The van der Waals surface area contributed by atoms with Gasteiger partial charge in [0.05, 0.1) is 24.2 Å². The summed E-state index contributed by atoms with van der Waals surface area (Å²) in [6.45, 7) is 5.30. The molecule has 1 saturated heterocycles. The van der Waals surface area contributed by atoms with Crippen molar-refractivity contribution in [2.75, 3.05) is 31.6 Å². The molecule has 0 N–H and O–H groups in total. The number of nitriles is 1. The molecule has 0 aliphatic carbocycles. The second-order valence-corrected chi connectivity index (χ2v) is 6.30. The van der Waals surface area contributed by atoms with Crippen molar-refractivity contribution in [2.24, 2.45) is 5.92 Å². The number of rotatable bonds is 2. The lowest BCUT2D eigenvalue weighted by atomic mass is 10.1. The first-order valence-corrected chi connectivity index (χ1v) is 7.47. The summed E-state index contributed by atoms with van der Waals surface area (Å²) >= 11 is 3.63. The fourth-order valence-electron chi connectivity index (χ4n) is 2.87. The third-order valence-corrected chi connectivity index (χ3v) is 4.25. The molecule has 19 heavy (non-hydrogen) atoms. The van der Waals surface area contributed by atoms with Gasteiger partial charge in [-0.1, -0.05) is 19.1 Å². The van der Waals surface area contributed by atoms with E-state index in [4.69, 9.17) is 5.26 Å². The van der Waals surface area contributed by atoms with Gasteiger partial charge >= 0.3 is 0 Å². The molecule has 0 spiro atoms. The molecule has 4 heteroatoms. The Morgan fingerprint density at radius 1 is 1.32 bits per heavy atom. The lowest BCUT2D eigenvalue weighted by Gasteiger charge is -2.32. The summed E-state index contributed by atoms with van der Waals surface area (Å²) in [4.78, 5) is 4.73. The molecule has 1 aliphatic heterocycles. The number of halogens is 1. The van der Waals surface area contributed by atoms with E-state index in [9.17, 15) is 0 Å². The fraction of sp³-hybridized carbons (Fsp3) is 0.533. The fourth-order valence-corrected chi connectivity index (χ4v) is 3.38. The number of anilines is 1. The third-order valence-electron chi connectivity index (χ3n) is 3.58. The van der Waals surface area contributed by atoms with Crippen LogP contribution >= 0.6 is 15.9 Å². The zero-order valence-electron chi connectivity index (χ0n) is 11.5. The molecule has 1 aromatic rings. The van der Waals surface area contributed by atoms with Gasteiger partial charge in [-0.05, 0) is 41.0 Å². The van der Waals surface area contributed by atoms with Crippen LogP contribution in [0.3, 0.4) is 0 Å². The molecule has 0 saturated carbocycles. The van der Waals surface area contributed by atoms with Crippen LogP contribution in [-0.4, -0.2) is 37.6 Å². The Hall–Kier alpha value is -1.05. The molecule has 1 heterocycles. The van der Waals surface area contributed by atoms with Gasteiger partial charge in [-0.3, -0.25) is 0 Å². The topological polar surface area (TPSA) is 30.3 Å². The van der Waals surface area contributed by atoms with E-state index in [1.807, 2.05) is 6.07 Å². The van der Waals surface area contributed by atoms with E-state index in [0.717, 1.165) is 24.1 Å². The maximum atomic E-state index is 9.09. The lowest BCUT2D eigenvalue weighted by molar-refractivity contribution is 0.304.